The van der Waals surface area contributed by atoms with Crippen LogP contribution in [-0.4, -0.2) is 33.7 Å². The lowest BCUT2D eigenvalue weighted by atomic mass is 10.2. The zero-order valence-corrected chi connectivity index (χ0v) is 12.8. The average Bonchev–Trinajstić information content (AvgIpc) is 2.59. The maximum atomic E-state index is 12.4. The molecule has 116 valence electrons. The van der Waals surface area contributed by atoms with E-state index in [0.717, 1.165) is 5.56 Å². The Bertz CT molecular complexity index is 618. The van der Waals surface area contributed by atoms with Crippen LogP contribution in [0.1, 0.15) is 19.4 Å². The molecule has 2 N–H and O–H groups in total. The molecular formula is C13H19N3O4S. The Kier molecular flexibility index (Phi) is 4.69. The monoisotopic (exact) mass is 313 g/mol. The molecule has 1 unspecified atom stereocenters. The molecule has 0 fully saturated rings. The van der Waals surface area contributed by atoms with Gasteiger partial charge in [-0.1, -0.05) is 18.2 Å². The van der Waals surface area contributed by atoms with Gasteiger partial charge in [0.15, 0.2) is 0 Å². The van der Waals surface area contributed by atoms with Crippen molar-refractivity contribution in [2.45, 2.75) is 26.4 Å². The number of anilines is 1. The third-order valence-corrected chi connectivity index (χ3v) is 4.47. The van der Waals surface area contributed by atoms with Gasteiger partial charge in [-0.05, 0) is 25.5 Å². The van der Waals surface area contributed by atoms with Gasteiger partial charge in [0.1, 0.15) is 0 Å². The number of carbonyl (C=O) groups is 1. The van der Waals surface area contributed by atoms with E-state index in [1.807, 2.05) is 23.8 Å². The first-order valence-electron chi connectivity index (χ1n) is 6.72. The summed E-state index contributed by atoms with van der Waals surface area (Å²) in [5.41, 5.74) is 1.42. The second-order valence-electron chi connectivity index (χ2n) is 4.77. The Morgan fingerprint density at radius 1 is 1.48 bits per heavy atom. The Morgan fingerprint density at radius 3 is 2.90 bits per heavy atom. The van der Waals surface area contributed by atoms with Crippen molar-refractivity contribution >= 4 is 22.0 Å². The minimum absolute atomic E-state index is 0.0452. The zero-order chi connectivity index (χ0) is 15.5. The fraction of sp³-hybridized carbons (Fsp3) is 0.462. The number of nitrogens with one attached hydrogen (secondary N) is 2. The predicted octanol–water partition coefficient (Wildman–Crippen LogP) is 0.976. The molecule has 2 rings (SSSR count). The van der Waals surface area contributed by atoms with Gasteiger partial charge >= 0.3 is 16.3 Å². The number of amides is 1. The molecular weight excluding hydrogens is 294 g/mol. The molecule has 7 nitrogen and oxygen atoms in total. The fourth-order valence-corrected chi connectivity index (χ4v) is 3.38. The summed E-state index contributed by atoms with van der Waals surface area (Å²) in [4.78, 5) is 11.4. The van der Waals surface area contributed by atoms with Crippen molar-refractivity contribution in [3.8, 4) is 0 Å². The summed E-state index contributed by atoms with van der Waals surface area (Å²) in [6.45, 7) is 4.41. The molecule has 1 aliphatic heterocycles. The van der Waals surface area contributed by atoms with Gasteiger partial charge in [0.25, 0.3) is 0 Å². The van der Waals surface area contributed by atoms with Crippen molar-refractivity contribution in [3.05, 3.63) is 29.8 Å². The van der Waals surface area contributed by atoms with E-state index in [9.17, 15) is 13.2 Å². The highest BCUT2D eigenvalue weighted by molar-refractivity contribution is 7.91. The molecule has 0 radical (unpaired) electrons. The van der Waals surface area contributed by atoms with Gasteiger partial charge in [-0.25, -0.2) is 9.52 Å². The Balaban J connectivity index is 2.34. The highest BCUT2D eigenvalue weighted by Crippen LogP contribution is 2.25. The van der Waals surface area contributed by atoms with Gasteiger partial charge < -0.3 is 10.1 Å². The first-order valence-corrected chi connectivity index (χ1v) is 8.16. The van der Waals surface area contributed by atoms with Crippen molar-refractivity contribution in [2.24, 2.45) is 0 Å². The van der Waals surface area contributed by atoms with Crippen LogP contribution in [-0.2, 0) is 21.5 Å². The second kappa shape index (κ2) is 6.31. The van der Waals surface area contributed by atoms with Gasteiger partial charge in [-0.2, -0.15) is 8.42 Å². The molecule has 0 saturated heterocycles. The molecule has 1 aromatic rings. The third kappa shape index (κ3) is 3.64. The lowest BCUT2D eigenvalue weighted by Crippen LogP contribution is -2.47. The van der Waals surface area contributed by atoms with Gasteiger partial charge in [0.05, 0.1) is 18.8 Å². The summed E-state index contributed by atoms with van der Waals surface area (Å²) in [7, 11) is -4.01. The zero-order valence-electron chi connectivity index (χ0n) is 12.0. The number of hydrogen-bond acceptors (Lipinski definition) is 5. The third-order valence-electron chi connectivity index (χ3n) is 3.12. The molecule has 0 aromatic heterocycles. The highest BCUT2D eigenvalue weighted by atomic mass is 32.2. The van der Waals surface area contributed by atoms with Crippen molar-refractivity contribution in [1.82, 2.24) is 10.0 Å². The van der Waals surface area contributed by atoms with Gasteiger partial charge in [-0.15, -0.1) is 0 Å². The molecule has 0 aliphatic carbocycles. The van der Waals surface area contributed by atoms with E-state index < -0.39 is 16.3 Å². The van der Waals surface area contributed by atoms with E-state index >= 15 is 0 Å². The summed E-state index contributed by atoms with van der Waals surface area (Å²) >= 11 is 0. The normalized spacial score (nSPS) is 18.6. The number of nitrogens with zero attached hydrogens (tertiary/aromatic N) is 1. The molecule has 0 saturated carbocycles. The van der Waals surface area contributed by atoms with Crippen LogP contribution >= 0.6 is 0 Å². The van der Waals surface area contributed by atoms with Gasteiger partial charge in [0, 0.05) is 12.6 Å². The predicted molar refractivity (Wildman–Crippen MR) is 79.2 cm³/mol. The van der Waals surface area contributed by atoms with E-state index in [-0.39, 0.29) is 19.2 Å². The van der Waals surface area contributed by atoms with Crippen LogP contribution in [0.15, 0.2) is 24.3 Å². The first kappa shape index (κ1) is 15.6. The number of carbonyl (C=O) groups excluding carboxylic acids is 1. The molecule has 8 heteroatoms. The molecule has 0 bridgehead atoms. The van der Waals surface area contributed by atoms with Crippen molar-refractivity contribution in [3.63, 3.8) is 0 Å². The first-order chi connectivity index (χ1) is 9.94. The standard InChI is InChI=1S/C13H19N3O4S/c1-3-20-13(17)15-21(18,19)16-9-10(2)14-8-11-6-4-5-7-12(11)16/h4-7,10,14H,3,8-9H2,1-2H3,(H,15,17). The fourth-order valence-electron chi connectivity index (χ4n) is 2.15. The SMILES string of the molecule is CCOC(=O)NS(=O)(=O)N1CC(C)NCc2ccccc21. The summed E-state index contributed by atoms with van der Waals surface area (Å²) in [6.07, 6.45) is -0.972. The molecule has 1 aromatic carbocycles. The van der Waals surface area contributed by atoms with Crippen LogP contribution in [0.25, 0.3) is 0 Å². The van der Waals surface area contributed by atoms with E-state index in [0.29, 0.717) is 12.2 Å². The smallest absolute Gasteiger partial charge is 0.422 e. The summed E-state index contributed by atoms with van der Waals surface area (Å²) < 4.78 is 32.6. The Labute approximate surface area is 124 Å². The van der Waals surface area contributed by atoms with Crippen LogP contribution in [0.2, 0.25) is 0 Å². The van der Waals surface area contributed by atoms with Crippen molar-refractivity contribution in [1.29, 1.82) is 0 Å². The summed E-state index contributed by atoms with van der Waals surface area (Å²) in [5.74, 6) is 0. The number of para-hydroxylation sites is 1. The Morgan fingerprint density at radius 2 is 2.19 bits per heavy atom. The number of rotatable bonds is 3. The number of ether oxygens (including phenoxy) is 1. The minimum Gasteiger partial charge on any atom is -0.449 e. The quantitative estimate of drug-likeness (QED) is 0.868. The van der Waals surface area contributed by atoms with E-state index in [1.165, 1.54) is 4.31 Å². The number of hydrogen-bond donors (Lipinski definition) is 2. The molecule has 1 heterocycles. The molecule has 0 spiro atoms. The molecule has 1 atom stereocenters. The van der Waals surface area contributed by atoms with Crippen LogP contribution in [0, 0.1) is 0 Å². The topological polar surface area (TPSA) is 87.7 Å². The van der Waals surface area contributed by atoms with E-state index in [2.05, 4.69) is 10.1 Å². The Hall–Kier alpha value is -1.80. The van der Waals surface area contributed by atoms with Crippen LogP contribution in [0.5, 0.6) is 0 Å². The lowest BCUT2D eigenvalue weighted by molar-refractivity contribution is 0.158. The number of benzene rings is 1. The average molecular weight is 313 g/mol. The highest BCUT2D eigenvalue weighted by Gasteiger charge is 2.30. The largest absolute Gasteiger partial charge is 0.449 e. The second-order valence-corrected chi connectivity index (χ2v) is 6.36. The van der Waals surface area contributed by atoms with E-state index in [4.69, 9.17) is 0 Å². The summed E-state index contributed by atoms with van der Waals surface area (Å²) in [5, 5.41) is 3.23. The summed E-state index contributed by atoms with van der Waals surface area (Å²) in [6, 6.07) is 7.14. The lowest BCUT2D eigenvalue weighted by Gasteiger charge is -2.25. The van der Waals surface area contributed by atoms with E-state index in [1.54, 1.807) is 19.1 Å². The van der Waals surface area contributed by atoms with Crippen molar-refractivity contribution < 1.29 is 17.9 Å². The number of fused-ring (bicyclic) bond motifs is 1. The van der Waals surface area contributed by atoms with Crippen molar-refractivity contribution in [2.75, 3.05) is 17.5 Å². The maximum absolute atomic E-state index is 12.4. The molecule has 21 heavy (non-hydrogen) atoms. The molecule has 1 amide bonds. The van der Waals surface area contributed by atoms with Crippen LogP contribution < -0.4 is 14.3 Å². The maximum Gasteiger partial charge on any atom is 0.422 e. The minimum atomic E-state index is -4.01. The van der Waals surface area contributed by atoms with Gasteiger partial charge in [0.2, 0.25) is 0 Å². The van der Waals surface area contributed by atoms with Gasteiger partial charge in [-0.3, -0.25) is 4.31 Å². The van der Waals surface area contributed by atoms with Crippen LogP contribution in [0.4, 0.5) is 10.5 Å². The van der Waals surface area contributed by atoms with Crippen LogP contribution in [0.3, 0.4) is 0 Å². The molecule has 1 aliphatic rings.